The molecule has 0 amide bonds. The first-order chi connectivity index (χ1) is 6.50. The molecule has 0 saturated carbocycles. The van der Waals surface area contributed by atoms with Crippen molar-refractivity contribution in [2.24, 2.45) is 0 Å². The van der Waals surface area contributed by atoms with Gasteiger partial charge in [-0.25, -0.2) is 4.79 Å². The zero-order valence-electron chi connectivity index (χ0n) is 8.53. The Labute approximate surface area is 82.5 Å². The van der Waals surface area contributed by atoms with Gasteiger partial charge < -0.3 is 14.3 Å². The molecule has 0 aliphatic heterocycles. The van der Waals surface area contributed by atoms with E-state index in [9.17, 15) is 4.79 Å². The molecule has 0 atom stereocenters. The number of ether oxygens (including phenoxy) is 1. The fraction of sp³-hybridized carbons (Fsp3) is 0.500. The number of hydrogen-bond acceptors (Lipinski definition) is 3. The Balaban J connectivity index is 2.72. The average molecular weight is 198 g/mol. The topological polar surface area (TPSA) is 59.7 Å². The summed E-state index contributed by atoms with van der Waals surface area (Å²) in [5, 5.41) is 8.67. The molecule has 14 heavy (non-hydrogen) atoms. The smallest absolute Gasteiger partial charge is 0.371 e. The van der Waals surface area contributed by atoms with E-state index in [2.05, 4.69) is 0 Å². The lowest BCUT2D eigenvalue weighted by atomic mass is 10.2. The summed E-state index contributed by atoms with van der Waals surface area (Å²) in [5.41, 5.74) is 0.788. The molecule has 0 fully saturated rings. The van der Waals surface area contributed by atoms with Crippen LogP contribution in [0.4, 0.5) is 0 Å². The van der Waals surface area contributed by atoms with Crippen LogP contribution in [-0.4, -0.2) is 17.2 Å². The van der Waals surface area contributed by atoms with Gasteiger partial charge in [0.05, 0.1) is 12.7 Å². The summed E-state index contributed by atoms with van der Waals surface area (Å²) in [6.07, 6.45) is 0.123. The summed E-state index contributed by atoms with van der Waals surface area (Å²) in [5.74, 6) is -0.489. The average Bonchev–Trinajstić information content (AvgIpc) is 2.43. The van der Waals surface area contributed by atoms with Crippen molar-refractivity contribution in [2.75, 3.05) is 0 Å². The standard InChI is InChI=1S/C10H14O4/c1-6(2)13-5-8-4-9(10(11)12)14-7(8)3/h4,6H,5H2,1-3H3,(H,11,12). The van der Waals surface area contributed by atoms with Crippen molar-refractivity contribution >= 4 is 5.97 Å². The molecule has 0 unspecified atom stereocenters. The first-order valence-corrected chi connectivity index (χ1v) is 4.45. The third-order valence-corrected chi connectivity index (χ3v) is 1.80. The van der Waals surface area contributed by atoms with Crippen LogP contribution < -0.4 is 0 Å². The molecular formula is C10H14O4. The summed E-state index contributed by atoms with van der Waals surface area (Å²) >= 11 is 0. The minimum absolute atomic E-state index is 0.0372. The van der Waals surface area contributed by atoms with Crippen molar-refractivity contribution < 1.29 is 19.1 Å². The van der Waals surface area contributed by atoms with Crippen LogP contribution in [0.2, 0.25) is 0 Å². The molecule has 0 aliphatic carbocycles. The van der Waals surface area contributed by atoms with Gasteiger partial charge in [-0.3, -0.25) is 0 Å². The highest BCUT2D eigenvalue weighted by Gasteiger charge is 2.13. The van der Waals surface area contributed by atoms with Crippen molar-refractivity contribution in [1.29, 1.82) is 0 Å². The number of aryl methyl sites for hydroxylation is 1. The Morgan fingerprint density at radius 2 is 2.29 bits per heavy atom. The van der Waals surface area contributed by atoms with Crippen LogP contribution in [0.3, 0.4) is 0 Å². The molecule has 1 heterocycles. The number of carboxylic acid groups (broad SMARTS) is 1. The molecule has 0 bridgehead atoms. The Morgan fingerprint density at radius 3 is 2.71 bits per heavy atom. The van der Waals surface area contributed by atoms with E-state index in [-0.39, 0.29) is 11.9 Å². The summed E-state index contributed by atoms with van der Waals surface area (Å²) in [4.78, 5) is 10.6. The second-order valence-electron chi connectivity index (χ2n) is 3.36. The Hall–Kier alpha value is -1.29. The largest absolute Gasteiger partial charge is 0.475 e. The monoisotopic (exact) mass is 198 g/mol. The molecule has 0 saturated heterocycles. The van der Waals surface area contributed by atoms with Crippen LogP contribution in [0.5, 0.6) is 0 Å². The van der Waals surface area contributed by atoms with Crippen LogP contribution in [0.1, 0.15) is 35.7 Å². The fourth-order valence-electron chi connectivity index (χ4n) is 1.02. The van der Waals surface area contributed by atoms with Crippen molar-refractivity contribution in [1.82, 2.24) is 0 Å². The van der Waals surface area contributed by atoms with Crippen LogP contribution in [0.25, 0.3) is 0 Å². The molecule has 0 spiro atoms. The number of hydrogen-bond donors (Lipinski definition) is 1. The van der Waals surface area contributed by atoms with Crippen LogP contribution in [0, 0.1) is 6.92 Å². The second kappa shape index (κ2) is 4.28. The van der Waals surface area contributed by atoms with Gasteiger partial charge in [0.1, 0.15) is 5.76 Å². The van der Waals surface area contributed by atoms with Gasteiger partial charge in [-0.15, -0.1) is 0 Å². The Bertz CT molecular complexity index is 325. The number of furan rings is 1. The third-order valence-electron chi connectivity index (χ3n) is 1.80. The van der Waals surface area contributed by atoms with Gasteiger partial charge in [0.15, 0.2) is 0 Å². The maximum atomic E-state index is 10.6. The van der Waals surface area contributed by atoms with Gasteiger partial charge in [-0.1, -0.05) is 0 Å². The molecule has 0 radical (unpaired) electrons. The molecule has 4 heteroatoms. The molecule has 1 aromatic rings. The highest BCUT2D eigenvalue weighted by molar-refractivity contribution is 5.84. The lowest BCUT2D eigenvalue weighted by molar-refractivity contribution is 0.0647. The predicted octanol–water partition coefficient (Wildman–Crippen LogP) is 2.21. The van der Waals surface area contributed by atoms with Gasteiger partial charge >= 0.3 is 5.97 Å². The highest BCUT2D eigenvalue weighted by atomic mass is 16.5. The van der Waals surface area contributed by atoms with E-state index in [1.807, 2.05) is 13.8 Å². The molecule has 78 valence electrons. The number of carbonyl (C=O) groups is 1. The summed E-state index contributed by atoms with van der Waals surface area (Å²) < 4.78 is 10.4. The molecule has 1 N–H and O–H groups in total. The van der Waals surface area contributed by atoms with E-state index < -0.39 is 5.97 Å². The Morgan fingerprint density at radius 1 is 1.64 bits per heavy atom. The first kappa shape index (κ1) is 10.8. The van der Waals surface area contributed by atoms with E-state index >= 15 is 0 Å². The van der Waals surface area contributed by atoms with Gasteiger partial charge in [0.2, 0.25) is 5.76 Å². The first-order valence-electron chi connectivity index (χ1n) is 4.45. The van der Waals surface area contributed by atoms with E-state index in [1.165, 1.54) is 6.07 Å². The van der Waals surface area contributed by atoms with E-state index in [0.29, 0.717) is 12.4 Å². The number of aromatic carboxylic acids is 1. The van der Waals surface area contributed by atoms with Gasteiger partial charge in [-0.05, 0) is 26.8 Å². The normalized spacial score (nSPS) is 10.9. The SMILES string of the molecule is Cc1oc(C(=O)O)cc1COC(C)C. The van der Waals surface area contributed by atoms with Crippen molar-refractivity contribution in [2.45, 2.75) is 33.5 Å². The molecule has 4 nitrogen and oxygen atoms in total. The van der Waals surface area contributed by atoms with E-state index in [4.69, 9.17) is 14.3 Å². The van der Waals surface area contributed by atoms with Crippen LogP contribution in [-0.2, 0) is 11.3 Å². The fourth-order valence-corrected chi connectivity index (χ4v) is 1.02. The molecule has 0 aliphatic rings. The van der Waals surface area contributed by atoms with Gasteiger partial charge in [0, 0.05) is 5.56 Å². The third kappa shape index (κ3) is 2.60. The quantitative estimate of drug-likeness (QED) is 0.805. The van der Waals surface area contributed by atoms with Crippen LogP contribution in [0.15, 0.2) is 10.5 Å². The van der Waals surface area contributed by atoms with Gasteiger partial charge in [-0.2, -0.15) is 0 Å². The lowest BCUT2D eigenvalue weighted by Crippen LogP contribution is -2.02. The summed E-state index contributed by atoms with van der Waals surface area (Å²) in [6, 6.07) is 1.50. The number of carboxylic acids is 1. The minimum atomic E-state index is -1.05. The van der Waals surface area contributed by atoms with Crippen molar-refractivity contribution in [3.63, 3.8) is 0 Å². The Kier molecular flexibility index (Phi) is 3.30. The van der Waals surface area contributed by atoms with Gasteiger partial charge in [0.25, 0.3) is 0 Å². The van der Waals surface area contributed by atoms with Crippen molar-refractivity contribution in [3.05, 3.63) is 23.2 Å². The molecule has 0 aromatic carbocycles. The maximum absolute atomic E-state index is 10.6. The predicted molar refractivity (Wildman–Crippen MR) is 50.3 cm³/mol. The molecule has 1 rings (SSSR count). The maximum Gasteiger partial charge on any atom is 0.371 e. The number of rotatable bonds is 4. The lowest BCUT2D eigenvalue weighted by Gasteiger charge is -2.05. The zero-order chi connectivity index (χ0) is 10.7. The highest BCUT2D eigenvalue weighted by Crippen LogP contribution is 2.16. The van der Waals surface area contributed by atoms with E-state index in [0.717, 1.165) is 5.56 Å². The van der Waals surface area contributed by atoms with E-state index in [1.54, 1.807) is 6.92 Å². The minimum Gasteiger partial charge on any atom is -0.475 e. The van der Waals surface area contributed by atoms with Crippen LogP contribution >= 0.6 is 0 Å². The summed E-state index contributed by atoms with van der Waals surface area (Å²) in [6.45, 7) is 5.97. The second-order valence-corrected chi connectivity index (χ2v) is 3.36. The molecular weight excluding hydrogens is 184 g/mol. The zero-order valence-corrected chi connectivity index (χ0v) is 8.53. The summed E-state index contributed by atoms with van der Waals surface area (Å²) in [7, 11) is 0. The molecule has 1 aromatic heterocycles. The van der Waals surface area contributed by atoms with Crippen molar-refractivity contribution in [3.8, 4) is 0 Å².